The molecule has 1 aromatic heterocycles. The molecule has 3 aromatic carbocycles. The first-order chi connectivity index (χ1) is 18.6. The zero-order valence-corrected chi connectivity index (χ0v) is 23.8. The van der Waals surface area contributed by atoms with Gasteiger partial charge in [0.1, 0.15) is 11.6 Å². The van der Waals surface area contributed by atoms with Crippen molar-refractivity contribution in [3.05, 3.63) is 88.0 Å². The fraction of sp³-hybridized carbons (Fsp3) is 0.185. The number of aromatic nitrogens is 1. The number of nitrogens with zero attached hydrogens (tertiary/aromatic N) is 2. The number of hydrogen-bond donors (Lipinski definition) is 2. The lowest BCUT2D eigenvalue weighted by Crippen LogP contribution is -2.38. The largest absolute Gasteiger partial charge is 0.495 e. The number of ether oxygens (including phenoxy) is 1. The van der Waals surface area contributed by atoms with Crippen LogP contribution in [0.3, 0.4) is 0 Å². The van der Waals surface area contributed by atoms with E-state index in [1.165, 1.54) is 48.8 Å². The van der Waals surface area contributed by atoms with Crippen LogP contribution in [-0.4, -0.2) is 44.3 Å². The highest BCUT2D eigenvalue weighted by Gasteiger charge is 2.29. The number of amides is 1. The van der Waals surface area contributed by atoms with Gasteiger partial charge in [-0.1, -0.05) is 35.4 Å². The molecule has 0 aliphatic heterocycles. The SMILES string of the molecule is CNc1nc(-c2ccc(OC)c(NC(=O)CN(Cc3c(F)cccc3Cl)S(=O)(=O)c3ccc(C)cc3)c2)cs1. The van der Waals surface area contributed by atoms with Crippen LogP contribution in [0.15, 0.2) is 70.9 Å². The van der Waals surface area contributed by atoms with Gasteiger partial charge < -0.3 is 15.4 Å². The van der Waals surface area contributed by atoms with Crippen molar-refractivity contribution in [1.82, 2.24) is 9.29 Å². The summed E-state index contributed by atoms with van der Waals surface area (Å²) in [4.78, 5) is 17.7. The molecular formula is C27H26ClFN4O4S2. The Morgan fingerprint density at radius 1 is 1.15 bits per heavy atom. The first-order valence-electron chi connectivity index (χ1n) is 11.7. The molecule has 12 heteroatoms. The van der Waals surface area contributed by atoms with E-state index in [0.717, 1.165) is 20.6 Å². The highest BCUT2D eigenvalue weighted by atomic mass is 35.5. The van der Waals surface area contributed by atoms with Gasteiger partial charge in [-0.3, -0.25) is 4.79 Å². The number of halogens is 2. The molecule has 1 amide bonds. The molecule has 39 heavy (non-hydrogen) atoms. The Balaban J connectivity index is 1.65. The summed E-state index contributed by atoms with van der Waals surface area (Å²) in [7, 11) is -0.973. The molecule has 0 fully saturated rings. The summed E-state index contributed by atoms with van der Waals surface area (Å²) in [6.07, 6.45) is 0. The van der Waals surface area contributed by atoms with Crippen LogP contribution in [0.5, 0.6) is 5.75 Å². The van der Waals surface area contributed by atoms with Crippen molar-refractivity contribution in [1.29, 1.82) is 0 Å². The maximum atomic E-state index is 14.6. The minimum atomic E-state index is -4.20. The number of rotatable bonds is 10. The monoisotopic (exact) mass is 588 g/mol. The zero-order valence-electron chi connectivity index (χ0n) is 21.4. The molecule has 0 aliphatic carbocycles. The van der Waals surface area contributed by atoms with Gasteiger partial charge in [0.2, 0.25) is 15.9 Å². The lowest BCUT2D eigenvalue weighted by atomic mass is 10.1. The highest BCUT2D eigenvalue weighted by Crippen LogP contribution is 2.32. The Morgan fingerprint density at radius 2 is 1.90 bits per heavy atom. The summed E-state index contributed by atoms with van der Waals surface area (Å²) in [5, 5.41) is 8.37. The fourth-order valence-corrected chi connectivity index (χ4v) is 6.05. The summed E-state index contributed by atoms with van der Waals surface area (Å²) in [5.41, 5.74) is 2.58. The second-order valence-electron chi connectivity index (χ2n) is 8.54. The average molecular weight is 589 g/mol. The number of carbonyl (C=O) groups excluding carboxylic acids is 1. The number of carbonyl (C=O) groups is 1. The molecule has 0 spiro atoms. The fourth-order valence-electron chi connectivity index (χ4n) is 3.78. The van der Waals surface area contributed by atoms with E-state index in [-0.39, 0.29) is 15.5 Å². The van der Waals surface area contributed by atoms with Gasteiger partial charge in [-0.05, 0) is 49.4 Å². The van der Waals surface area contributed by atoms with Crippen molar-refractivity contribution in [2.24, 2.45) is 0 Å². The minimum absolute atomic E-state index is 0.0307. The van der Waals surface area contributed by atoms with Crippen molar-refractivity contribution in [3.8, 4) is 17.0 Å². The van der Waals surface area contributed by atoms with Gasteiger partial charge in [0.05, 0.1) is 29.9 Å². The lowest BCUT2D eigenvalue weighted by molar-refractivity contribution is -0.116. The summed E-state index contributed by atoms with van der Waals surface area (Å²) in [5.74, 6) is -0.949. The van der Waals surface area contributed by atoms with E-state index in [0.29, 0.717) is 17.1 Å². The smallest absolute Gasteiger partial charge is 0.243 e. The highest BCUT2D eigenvalue weighted by molar-refractivity contribution is 7.89. The van der Waals surface area contributed by atoms with Crippen LogP contribution in [0, 0.1) is 12.7 Å². The Kier molecular flexibility index (Phi) is 8.86. The Hall–Kier alpha value is -3.51. The normalized spacial score (nSPS) is 11.4. The van der Waals surface area contributed by atoms with E-state index in [1.807, 2.05) is 12.3 Å². The molecule has 0 saturated carbocycles. The summed E-state index contributed by atoms with van der Waals surface area (Å²) < 4.78 is 48.1. The quantitative estimate of drug-likeness (QED) is 0.243. The molecule has 4 aromatic rings. The van der Waals surface area contributed by atoms with Crippen LogP contribution in [0.4, 0.5) is 15.2 Å². The van der Waals surface area contributed by atoms with Gasteiger partial charge in [-0.25, -0.2) is 17.8 Å². The molecule has 0 saturated heterocycles. The van der Waals surface area contributed by atoms with E-state index in [1.54, 1.807) is 37.4 Å². The number of nitrogens with one attached hydrogen (secondary N) is 2. The van der Waals surface area contributed by atoms with E-state index < -0.39 is 34.8 Å². The Bertz CT molecular complexity index is 1570. The first kappa shape index (κ1) is 28.5. The van der Waals surface area contributed by atoms with Crippen molar-refractivity contribution in [2.75, 3.05) is 31.3 Å². The predicted molar refractivity (Wildman–Crippen MR) is 152 cm³/mol. The standard InChI is InChI=1S/C27H26ClFN4O4S2/c1-17-7-10-19(11-8-17)39(35,36)33(14-20-21(28)5-4-6-22(20)29)15-26(34)31-23-13-18(9-12-25(23)37-3)24-16-38-27(30-2)32-24/h4-13,16H,14-15H2,1-3H3,(H,30,32)(H,31,34). The minimum Gasteiger partial charge on any atom is -0.495 e. The number of sulfonamides is 1. The summed E-state index contributed by atoms with van der Waals surface area (Å²) in [6, 6.07) is 15.4. The second-order valence-corrected chi connectivity index (χ2v) is 11.7. The maximum absolute atomic E-state index is 14.6. The molecule has 4 rings (SSSR count). The third-order valence-corrected chi connectivity index (χ3v) is 8.88. The van der Waals surface area contributed by atoms with Gasteiger partial charge in [0, 0.05) is 35.1 Å². The second kappa shape index (κ2) is 12.1. The zero-order chi connectivity index (χ0) is 28.2. The number of aryl methyl sites for hydroxylation is 1. The predicted octanol–water partition coefficient (Wildman–Crippen LogP) is 5.79. The van der Waals surface area contributed by atoms with Gasteiger partial charge in [-0.15, -0.1) is 11.3 Å². The van der Waals surface area contributed by atoms with Crippen molar-refractivity contribution in [2.45, 2.75) is 18.4 Å². The molecule has 0 bridgehead atoms. The van der Waals surface area contributed by atoms with Crippen LogP contribution >= 0.6 is 22.9 Å². The lowest BCUT2D eigenvalue weighted by Gasteiger charge is -2.23. The van der Waals surface area contributed by atoms with Crippen LogP contribution in [0.25, 0.3) is 11.3 Å². The Morgan fingerprint density at radius 3 is 2.54 bits per heavy atom. The number of benzene rings is 3. The van der Waals surface area contributed by atoms with Crippen molar-refractivity contribution in [3.63, 3.8) is 0 Å². The van der Waals surface area contributed by atoms with E-state index in [2.05, 4.69) is 15.6 Å². The number of methoxy groups -OCH3 is 1. The molecule has 2 N–H and O–H groups in total. The van der Waals surface area contributed by atoms with Crippen molar-refractivity contribution < 1.29 is 22.3 Å². The molecule has 0 unspecified atom stereocenters. The third-order valence-electron chi connectivity index (χ3n) is 5.86. The molecule has 204 valence electrons. The van der Waals surface area contributed by atoms with Crippen LogP contribution in [0.1, 0.15) is 11.1 Å². The van der Waals surface area contributed by atoms with Gasteiger partial charge in [0.15, 0.2) is 5.13 Å². The molecular weight excluding hydrogens is 563 g/mol. The van der Waals surface area contributed by atoms with E-state index in [9.17, 15) is 17.6 Å². The molecule has 0 radical (unpaired) electrons. The molecule has 0 aliphatic rings. The number of anilines is 2. The summed E-state index contributed by atoms with van der Waals surface area (Å²) in [6.45, 7) is 0.778. The maximum Gasteiger partial charge on any atom is 0.243 e. The first-order valence-corrected chi connectivity index (χ1v) is 14.4. The Labute approximate surface area is 235 Å². The van der Waals surface area contributed by atoms with Gasteiger partial charge in [0.25, 0.3) is 0 Å². The van der Waals surface area contributed by atoms with Gasteiger partial charge >= 0.3 is 0 Å². The topological polar surface area (TPSA) is 101 Å². The van der Waals surface area contributed by atoms with Crippen LogP contribution in [-0.2, 0) is 21.4 Å². The van der Waals surface area contributed by atoms with Crippen LogP contribution in [0.2, 0.25) is 5.02 Å². The summed E-state index contributed by atoms with van der Waals surface area (Å²) >= 11 is 7.63. The number of hydrogen-bond acceptors (Lipinski definition) is 7. The van der Waals surface area contributed by atoms with Crippen LogP contribution < -0.4 is 15.4 Å². The molecule has 0 atom stereocenters. The molecule has 1 heterocycles. The van der Waals surface area contributed by atoms with Gasteiger partial charge in [-0.2, -0.15) is 4.31 Å². The number of thiazole rings is 1. The van der Waals surface area contributed by atoms with E-state index >= 15 is 0 Å². The van der Waals surface area contributed by atoms with E-state index in [4.69, 9.17) is 16.3 Å². The third kappa shape index (κ3) is 6.56. The molecule has 8 nitrogen and oxygen atoms in total. The average Bonchev–Trinajstić information content (AvgIpc) is 3.40. The van der Waals surface area contributed by atoms with Crippen molar-refractivity contribution >= 4 is 49.7 Å².